The van der Waals surface area contributed by atoms with Gasteiger partial charge in [-0.2, -0.15) is 22.0 Å². The van der Waals surface area contributed by atoms with Gasteiger partial charge in [-0.25, -0.2) is 0 Å². The van der Waals surface area contributed by atoms with Crippen molar-refractivity contribution in [1.29, 1.82) is 0 Å². The van der Waals surface area contributed by atoms with Crippen molar-refractivity contribution in [2.75, 3.05) is 0 Å². The SMILES string of the molecule is CC1=C(CC(=O)O)C2=C(Cl)C(O)=CCC2N1C(=O)c1csc(SC(F)(F)C(F)(F)F)c1. The second-order valence-electron chi connectivity index (χ2n) is 6.65. The summed E-state index contributed by atoms with van der Waals surface area (Å²) < 4.78 is 63.5. The minimum Gasteiger partial charge on any atom is -0.507 e. The van der Waals surface area contributed by atoms with Crippen LogP contribution in [0.25, 0.3) is 0 Å². The number of hydrogen-bond donors (Lipinski definition) is 2. The number of rotatable bonds is 5. The molecule has 1 aliphatic heterocycles. The van der Waals surface area contributed by atoms with Crippen LogP contribution in [-0.4, -0.2) is 44.5 Å². The van der Waals surface area contributed by atoms with Crippen molar-refractivity contribution < 1.29 is 41.8 Å². The van der Waals surface area contributed by atoms with E-state index in [1.54, 1.807) is 0 Å². The molecule has 0 aromatic carbocycles. The minimum atomic E-state index is -5.75. The first-order valence-corrected chi connectivity index (χ1v) is 10.6. The summed E-state index contributed by atoms with van der Waals surface area (Å²) in [6.07, 6.45) is -4.76. The molecule has 3 rings (SSSR count). The maximum atomic E-state index is 13.3. The highest BCUT2D eigenvalue weighted by molar-refractivity contribution is 8.02. The Hall–Kier alpha value is -2.05. The quantitative estimate of drug-likeness (QED) is 0.387. The van der Waals surface area contributed by atoms with Crippen LogP contribution in [0.4, 0.5) is 22.0 Å². The van der Waals surface area contributed by atoms with Gasteiger partial charge in [0, 0.05) is 16.7 Å². The van der Waals surface area contributed by atoms with Gasteiger partial charge in [0.25, 0.3) is 5.91 Å². The van der Waals surface area contributed by atoms with Crippen molar-refractivity contribution in [1.82, 2.24) is 4.90 Å². The van der Waals surface area contributed by atoms with Crippen LogP contribution in [0.3, 0.4) is 0 Å². The first-order chi connectivity index (χ1) is 14.2. The van der Waals surface area contributed by atoms with Gasteiger partial charge in [-0.3, -0.25) is 9.59 Å². The Kier molecular flexibility index (Phi) is 6.20. The highest BCUT2D eigenvalue weighted by Crippen LogP contribution is 2.49. The van der Waals surface area contributed by atoms with E-state index < -0.39 is 51.7 Å². The maximum absolute atomic E-state index is 13.3. The summed E-state index contributed by atoms with van der Waals surface area (Å²) in [4.78, 5) is 25.6. The third-order valence-electron chi connectivity index (χ3n) is 4.69. The number of amides is 1. The van der Waals surface area contributed by atoms with Gasteiger partial charge in [0.2, 0.25) is 0 Å². The summed E-state index contributed by atoms with van der Waals surface area (Å²) >= 11 is 6.00. The van der Waals surface area contributed by atoms with Crippen molar-refractivity contribution in [3.05, 3.63) is 50.7 Å². The normalized spacial score (nSPS) is 19.6. The second-order valence-corrected chi connectivity index (χ2v) is 9.35. The van der Waals surface area contributed by atoms with Crippen LogP contribution < -0.4 is 0 Å². The molecule has 2 aliphatic rings. The summed E-state index contributed by atoms with van der Waals surface area (Å²) in [5, 5.41) is 15.2. The number of carbonyl (C=O) groups excluding carboxylic acids is 1. The van der Waals surface area contributed by atoms with Crippen LogP contribution >= 0.6 is 34.7 Å². The number of thioether (sulfide) groups is 1. The highest BCUT2D eigenvalue weighted by Gasteiger charge is 2.58. The van der Waals surface area contributed by atoms with Gasteiger partial charge < -0.3 is 15.1 Å². The Morgan fingerprint density at radius 1 is 1.32 bits per heavy atom. The summed E-state index contributed by atoms with van der Waals surface area (Å²) in [6, 6.07) is 0.193. The molecule has 1 amide bonds. The van der Waals surface area contributed by atoms with E-state index >= 15 is 0 Å². The first kappa shape index (κ1) is 23.6. The number of carbonyl (C=O) groups is 2. The van der Waals surface area contributed by atoms with Crippen LogP contribution in [0, 0.1) is 0 Å². The van der Waals surface area contributed by atoms with E-state index in [0.29, 0.717) is 11.3 Å². The Balaban J connectivity index is 1.95. The molecule has 0 fully saturated rings. The first-order valence-electron chi connectivity index (χ1n) is 8.51. The number of halogens is 6. The topological polar surface area (TPSA) is 77.8 Å². The molecule has 0 spiro atoms. The monoisotopic (exact) mass is 501 g/mol. The average Bonchev–Trinajstić information content (AvgIpc) is 3.19. The van der Waals surface area contributed by atoms with Gasteiger partial charge in [-0.1, -0.05) is 11.6 Å². The standard InChI is InChI=1S/C18H13ClF5NO4S2/c1-7-9(5-12(27)28)14-10(2-3-11(26)15(14)19)25(7)16(29)8-4-13(30-6-8)31-18(23,24)17(20,21)22/h3-4,6,10,26H,2,5H2,1H3,(H,27,28). The Morgan fingerprint density at radius 3 is 2.55 bits per heavy atom. The molecular formula is C18H13ClF5NO4S2. The molecule has 0 radical (unpaired) electrons. The third-order valence-corrected chi connectivity index (χ3v) is 7.16. The highest BCUT2D eigenvalue weighted by atomic mass is 35.5. The molecule has 0 bridgehead atoms. The zero-order valence-electron chi connectivity index (χ0n) is 15.5. The van der Waals surface area contributed by atoms with E-state index in [0.717, 1.165) is 11.4 Å². The number of carboxylic acids is 1. The zero-order valence-corrected chi connectivity index (χ0v) is 17.9. The molecule has 168 valence electrons. The number of fused-ring (bicyclic) bond motifs is 1. The number of aliphatic hydroxyl groups is 1. The smallest absolute Gasteiger partial charge is 0.464 e. The van der Waals surface area contributed by atoms with E-state index in [1.165, 1.54) is 17.9 Å². The number of aliphatic hydroxyl groups excluding tert-OH is 1. The lowest BCUT2D eigenvalue weighted by molar-refractivity contribution is -0.237. The summed E-state index contributed by atoms with van der Waals surface area (Å²) in [5.74, 6) is -2.17. The van der Waals surface area contributed by atoms with Gasteiger partial charge in [0.1, 0.15) is 5.76 Å². The largest absolute Gasteiger partial charge is 0.507 e. The van der Waals surface area contributed by atoms with Gasteiger partial charge in [0.15, 0.2) is 0 Å². The molecular weight excluding hydrogens is 489 g/mol. The van der Waals surface area contributed by atoms with Crippen molar-refractivity contribution in [3.8, 4) is 0 Å². The lowest BCUT2D eigenvalue weighted by Gasteiger charge is -2.28. The molecule has 2 N–H and O–H groups in total. The molecule has 5 nitrogen and oxygen atoms in total. The lowest BCUT2D eigenvalue weighted by atomic mass is 9.92. The van der Waals surface area contributed by atoms with E-state index in [-0.39, 0.29) is 39.6 Å². The summed E-state index contributed by atoms with van der Waals surface area (Å²) in [6.45, 7) is 1.47. The Labute approximate surface area is 185 Å². The number of hydrogen-bond acceptors (Lipinski definition) is 5. The van der Waals surface area contributed by atoms with Crippen LogP contribution in [0.15, 0.2) is 49.4 Å². The van der Waals surface area contributed by atoms with Gasteiger partial charge in [-0.15, -0.1) is 11.3 Å². The fourth-order valence-electron chi connectivity index (χ4n) is 3.33. The average molecular weight is 502 g/mol. The number of carboxylic acid groups (broad SMARTS) is 1. The zero-order chi connectivity index (χ0) is 23.3. The molecule has 31 heavy (non-hydrogen) atoms. The van der Waals surface area contributed by atoms with E-state index in [4.69, 9.17) is 11.6 Å². The number of nitrogens with zero attached hydrogens (tertiary/aromatic N) is 1. The Morgan fingerprint density at radius 2 is 1.97 bits per heavy atom. The van der Waals surface area contributed by atoms with Crippen LogP contribution in [0.1, 0.15) is 30.1 Å². The van der Waals surface area contributed by atoms with Crippen molar-refractivity contribution >= 4 is 46.6 Å². The molecule has 0 saturated carbocycles. The van der Waals surface area contributed by atoms with Crippen molar-refractivity contribution in [3.63, 3.8) is 0 Å². The summed E-state index contributed by atoms with van der Waals surface area (Å²) in [5.41, 5.74) is 0.609. The molecule has 0 saturated heterocycles. The number of alkyl halides is 5. The lowest BCUT2D eigenvalue weighted by Crippen LogP contribution is -2.36. The molecule has 1 aromatic heterocycles. The maximum Gasteiger partial charge on any atom is 0.464 e. The van der Waals surface area contributed by atoms with Gasteiger partial charge >= 0.3 is 17.4 Å². The minimum absolute atomic E-state index is 0.103. The molecule has 13 heteroatoms. The molecule has 1 aromatic rings. The van der Waals surface area contributed by atoms with E-state index in [9.17, 15) is 41.8 Å². The molecule has 1 aliphatic carbocycles. The fraction of sp³-hybridized carbons (Fsp3) is 0.333. The number of aliphatic carboxylic acids is 1. The van der Waals surface area contributed by atoms with Crippen LogP contribution in [0.5, 0.6) is 0 Å². The predicted octanol–water partition coefficient (Wildman–Crippen LogP) is 5.91. The molecule has 2 heterocycles. The van der Waals surface area contributed by atoms with Crippen molar-refractivity contribution in [2.45, 2.75) is 41.4 Å². The fourth-order valence-corrected chi connectivity index (χ4v) is 5.46. The predicted molar refractivity (Wildman–Crippen MR) is 104 cm³/mol. The Bertz CT molecular complexity index is 1040. The molecule has 1 atom stereocenters. The molecule has 1 unspecified atom stereocenters. The van der Waals surface area contributed by atoms with Gasteiger partial charge in [0.05, 0.1) is 27.3 Å². The van der Waals surface area contributed by atoms with Crippen LogP contribution in [0.2, 0.25) is 0 Å². The van der Waals surface area contributed by atoms with Crippen molar-refractivity contribution in [2.24, 2.45) is 0 Å². The summed E-state index contributed by atoms with van der Waals surface area (Å²) in [7, 11) is 0. The van der Waals surface area contributed by atoms with Gasteiger partial charge in [-0.05, 0) is 42.8 Å². The van der Waals surface area contributed by atoms with E-state index in [2.05, 4.69) is 0 Å². The number of allylic oxidation sites excluding steroid dienone is 2. The van der Waals surface area contributed by atoms with E-state index in [1.807, 2.05) is 0 Å². The van der Waals surface area contributed by atoms with Crippen LogP contribution in [-0.2, 0) is 4.79 Å². The number of thiophene rings is 1. The second kappa shape index (κ2) is 8.14. The third kappa shape index (κ3) is 4.33.